The van der Waals surface area contributed by atoms with E-state index in [1.165, 1.54) is 13.3 Å². The van der Waals surface area contributed by atoms with E-state index in [2.05, 4.69) is 11.6 Å². The standard InChI is InChI=1S/C27H25F5N2O2.BrH/c1-3-14-13-34-9-7-15(14)11-27(34,12-19-21(28)23(30)25(32)24(31)22(19)29)26(35)17-6-8-33-20-5-4-16(36-2)10-18(17)20;/h3-6,8,10,14-15,26,35H,1,7,9,11-13H2,2H3;1H/t14-,15-,26?,27-;/m0./s1. The molecule has 1 aromatic heterocycles. The molecule has 2 N–H and O–H groups in total. The molecular formula is C27H26BrF5N2O2. The summed E-state index contributed by atoms with van der Waals surface area (Å²) in [5, 5.41) is 12.5. The van der Waals surface area contributed by atoms with Crippen LogP contribution in [-0.4, -0.2) is 35.8 Å². The van der Waals surface area contributed by atoms with Gasteiger partial charge in [0.15, 0.2) is 23.3 Å². The molecule has 3 fully saturated rings. The molecule has 4 heterocycles. The number of benzene rings is 2. The summed E-state index contributed by atoms with van der Waals surface area (Å²) in [5.41, 5.74) is -1.11. The Morgan fingerprint density at radius 1 is 1.14 bits per heavy atom. The summed E-state index contributed by atoms with van der Waals surface area (Å²) in [6.07, 6.45) is 2.69. The Morgan fingerprint density at radius 2 is 1.81 bits per heavy atom. The van der Waals surface area contributed by atoms with Crippen molar-refractivity contribution in [2.75, 3.05) is 20.2 Å². The number of pyridine rings is 1. The second kappa shape index (κ2) is 10.3. The molecule has 3 aliphatic heterocycles. The van der Waals surface area contributed by atoms with Gasteiger partial charge in [0.2, 0.25) is 5.82 Å². The molecule has 10 heteroatoms. The zero-order chi connectivity index (χ0) is 25.8. The molecule has 198 valence electrons. The lowest BCUT2D eigenvalue weighted by atomic mass is 9.64. The van der Waals surface area contributed by atoms with Crippen LogP contribution in [-0.2, 0) is 6.42 Å². The molecule has 3 aromatic rings. The minimum Gasteiger partial charge on any atom is -1.00 e. The van der Waals surface area contributed by atoms with Crippen molar-refractivity contribution in [3.8, 4) is 5.75 Å². The Balaban J connectivity index is 0.00000320. The van der Waals surface area contributed by atoms with Gasteiger partial charge in [0.05, 0.1) is 25.7 Å². The maximum absolute atomic E-state index is 14.9. The molecule has 0 radical (unpaired) electrons. The Bertz CT molecular complexity index is 1330. The molecule has 0 aliphatic carbocycles. The van der Waals surface area contributed by atoms with Crippen LogP contribution >= 0.6 is 0 Å². The van der Waals surface area contributed by atoms with E-state index < -0.39 is 52.7 Å². The molecule has 0 saturated carbocycles. The van der Waals surface area contributed by atoms with Gasteiger partial charge in [-0.2, -0.15) is 0 Å². The van der Waals surface area contributed by atoms with E-state index in [4.69, 9.17) is 4.74 Å². The first-order valence-corrected chi connectivity index (χ1v) is 11.8. The van der Waals surface area contributed by atoms with Gasteiger partial charge < -0.3 is 31.7 Å². The van der Waals surface area contributed by atoms with Crippen molar-refractivity contribution in [1.82, 2.24) is 4.98 Å². The number of aromatic nitrogens is 1. The predicted octanol–water partition coefficient (Wildman–Crippen LogP) is 1.07. The van der Waals surface area contributed by atoms with Crippen molar-refractivity contribution >= 4 is 10.9 Å². The van der Waals surface area contributed by atoms with E-state index in [0.717, 1.165) is 11.3 Å². The highest BCUT2D eigenvalue weighted by molar-refractivity contribution is 5.84. The highest BCUT2D eigenvalue weighted by Crippen LogP contribution is 2.43. The van der Waals surface area contributed by atoms with Crippen LogP contribution in [0.1, 0.15) is 30.1 Å². The van der Waals surface area contributed by atoms with Crippen LogP contribution in [0.25, 0.3) is 10.9 Å². The van der Waals surface area contributed by atoms with E-state index >= 15 is 0 Å². The van der Waals surface area contributed by atoms with Crippen LogP contribution in [0.3, 0.4) is 0 Å². The van der Waals surface area contributed by atoms with Crippen LogP contribution in [0.2, 0.25) is 0 Å². The number of quaternary nitrogens is 1. The number of aliphatic hydroxyl groups excluding tert-OH is 1. The molecule has 3 aliphatic rings. The molecule has 2 bridgehead atoms. The Hall–Kier alpha value is -2.56. The highest BCUT2D eigenvalue weighted by atomic mass is 79.9. The number of halogens is 6. The quantitative estimate of drug-likeness (QED) is 0.197. The first-order valence-electron chi connectivity index (χ1n) is 11.8. The van der Waals surface area contributed by atoms with E-state index in [1.54, 1.807) is 24.3 Å². The van der Waals surface area contributed by atoms with Gasteiger partial charge in [-0.3, -0.25) is 4.98 Å². The van der Waals surface area contributed by atoms with Crippen LogP contribution in [0.15, 0.2) is 43.1 Å². The summed E-state index contributed by atoms with van der Waals surface area (Å²) in [5.74, 6) is -9.17. The molecule has 6 rings (SSSR count). The number of nitrogens with zero attached hydrogens (tertiary/aromatic N) is 1. The van der Waals surface area contributed by atoms with Crippen molar-refractivity contribution in [1.29, 1.82) is 0 Å². The van der Waals surface area contributed by atoms with Gasteiger partial charge in [0.25, 0.3) is 0 Å². The summed E-state index contributed by atoms with van der Waals surface area (Å²) in [4.78, 5) is 5.18. The van der Waals surface area contributed by atoms with Gasteiger partial charge in [-0.25, -0.2) is 22.0 Å². The third-order valence-electron chi connectivity index (χ3n) is 8.13. The molecule has 3 saturated heterocycles. The van der Waals surface area contributed by atoms with Gasteiger partial charge in [-0.15, -0.1) is 6.58 Å². The zero-order valence-corrected chi connectivity index (χ0v) is 21.6. The molecule has 2 aromatic carbocycles. The van der Waals surface area contributed by atoms with Gasteiger partial charge in [0, 0.05) is 42.3 Å². The maximum Gasteiger partial charge on any atom is 0.200 e. The van der Waals surface area contributed by atoms with Crippen LogP contribution in [0.5, 0.6) is 5.75 Å². The number of methoxy groups -OCH3 is 1. The van der Waals surface area contributed by atoms with Gasteiger partial charge in [-0.1, -0.05) is 6.08 Å². The SMILES string of the molecule is C=C[C@H]1C[N@H+]2CC[C@H]1C[C@]2(Cc1c(F)c(F)c(F)c(F)c1F)C(O)c1ccnc2ccc(OC)cc12.[Br-]. The van der Waals surface area contributed by atoms with Crippen molar-refractivity contribution in [3.05, 3.63) is 83.3 Å². The van der Waals surface area contributed by atoms with E-state index in [0.29, 0.717) is 41.7 Å². The fraction of sp³-hybridized carbons (Fsp3) is 0.370. The first kappa shape index (κ1) is 27.5. The maximum atomic E-state index is 14.9. The molecule has 0 amide bonds. The highest BCUT2D eigenvalue weighted by Gasteiger charge is 2.58. The van der Waals surface area contributed by atoms with Crippen LogP contribution < -0.4 is 26.6 Å². The van der Waals surface area contributed by atoms with Gasteiger partial charge in [0.1, 0.15) is 17.4 Å². The van der Waals surface area contributed by atoms with E-state index in [9.17, 15) is 27.1 Å². The summed E-state index contributed by atoms with van der Waals surface area (Å²) in [6, 6.07) is 6.79. The Labute approximate surface area is 221 Å². The molecule has 37 heavy (non-hydrogen) atoms. The minimum atomic E-state index is -2.19. The van der Waals surface area contributed by atoms with Crippen LogP contribution in [0.4, 0.5) is 22.0 Å². The van der Waals surface area contributed by atoms with E-state index in [1.807, 2.05) is 6.08 Å². The largest absolute Gasteiger partial charge is 1.00 e. The number of nitrogens with one attached hydrogen (secondary N) is 1. The normalized spacial score (nSPS) is 25.5. The molecule has 5 atom stereocenters. The van der Waals surface area contributed by atoms with Gasteiger partial charge in [-0.05, 0) is 35.7 Å². The Morgan fingerprint density at radius 3 is 2.41 bits per heavy atom. The lowest BCUT2D eigenvalue weighted by Gasteiger charge is -2.55. The summed E-state index contributed by atoms with van der Waals surface area (Å²) in [6.45, 7) is 5.03. The third kappa shape index (κ3) is 4.32. The van der Waals surface area contributed by atoms with Crippen molar-refractivity contribution in [2.24, 2.45) is 11.8 Å². The smallest absolute Gasteiger partial charge is 0.200 e. The first-order chi connectivity index (χ1) is 17.2. The second-order valence-electron chi connectivity index (χ2n) is 9.78. The van der Waals surface area contributed by atoms with E-state index in [-0.39, 0.29) is 28.8 Å². The topological polar surface area (TPSA) is 46.8 Å². The second-order valence-corrected chi connectivity index (χ2v) is 9.78. The van der Waals surface area contributed by atoms with Crippen molar-refractivity contribution in [3.63, 3.8) is 0 Å². The fourth-order valence-electron chi connectivity index (χ4n) is 6.25. The summed E-state index contributed by atoms with van der Waals surface area (Å²) in [7, 11) is 1.50. The monoisotopic (exact) mass is 584 g/mol. The lowest BCUT2D eigenvalue weighted by molar-refractivity contribution is -0.978. The van der Waals surface area contributed by atoms with Crippen molar-refractivity contribution in [2.45, 2.75) is 30.9 Å². The lowest BCUT2D eigenvalue weighted by Crippen LogP contribution is -3.24. The number of hydrogen-bond donors (Lipinski definition) is 2. The Kier molecular flexibility index (Phi) is 7.65. The summed E-state index contributed by atoms with van der Waals surface area (Å²) < 4.78 is 77.1. The number of fused-ring (bicyclic) bond motifs is 4. The number of aliphatic hydroxyl groups is 1. The zero-order valence-electron chi connectivity index (χ0n) is 20.0. The molecule has 4 nitrogen and oxygen atoms in total. The molecule has 1 unspecified atom stereocenters. The van der Waals surface area contributed by atoms with Crippen LogP contribution in [0, 0.1) is 40.9 Å². The number of rotatable bonds is 6. The average molecular weight is 585 g/mol. The number of hydrogen-bond acceptors (Lipinski definition) is 3. The summed E-state index contributed by atoms with van der Waals surface area (Å²) >= 11 is 0. The fourth-order valence-corrected chi connectivity index (χ4v) is 6.25. The molecular weight excluding hydrogens is 559 g/mol. The predicted molar refractivity (Wildman–Crippen MR) is 123 cm³/mol. The number of piperidine rings is 3. The molecule has 0 spiro atoms. The average Bonchev–Trinajstić information content (AvgIpc) is 2.92. The number of ether oxygens (including phenoxy) is 1. The third-order valence-corrected chi connectivity index (χ3v) is 8.13. The van der Waals surface area contributed by atoms with Crippen molar-refractivity contribution < 1.29 is 53.7 Å². The van der Waals surface area contributed by atoms with Gasteiger partial charge >= 0.3 is 0 Å². The minimum absolute atomic E-state index is 0.